The van der Waals surface area contributed by atoms with Crippen LogP contribution in [0.3, 0.4) is 0 Å². The number of aryl methyl sites for hydroxylation is 1. The SMILES string of the molecule is COc1ccc(CCCSC(=O)[C@@H]2CCCN2S(=O)(=O)c2ccccc2)cc1. The Labute approximate surface area is 171 Å². The van der Waals surface area contributed by atoms with Crippen molar-refractivity contribution in [3.63, 3.8) is 0 Å². The van der Waals surface area contributed by atoms with Crippen molar-refractivity contribution in [3.05, 3.63) is 60.2 Å². The monoisotopic (exact) mass is 419 g/mol. The first kappa shape index (κ1) is 20.9. The molecule has 0 spiro atoms. The van der Waals surface area contributed by atoms with Crippen molar-refractivity contribution >= 4 is 26.9 Å². The zero-order valence-electron chi connectivity index (χ0n) is 15.9. The molecule has 0 aromatic heterocycles. The standard InChI is InChI=1S/C21H25NO4S2/c1-26-18-13-11-17(12-14-18)7-6-16-27-21(23)20-10-5-15-22(20)28(24,25)19-8-3-2-4-9-19/h2-4,8-9,11-14,20H,5-7,10,15-16H2,1H3/t20-/m0/s1. The maximum Gasteiger partial charge on any atom is 0.243 e. The molecule has 1 atom stereocenters. The van der Waals surface area contributed by atoms with Crippen molar-refractivity contribution in [1.82, 2.24) is 4.31 Å². The average Bonchev–Trinajstić information content (AvgIpc) is 3.23. The normalized spacial score (nSPS) is 17.5. The predicted octanol–water partition coefficient (Wildman–Crippen LogP) is 3.74. The van der Waals surface area contributed by atoms with Crippen LogP contribution in [0.15, 0.2) is 59.5 Å². The molecular formula is C21H25NO4S2. The van der Waals surface area contributed by atoms with Gasteiger partial charge in [-0.25, -0.2) is 8.42 Å². The van der Waals surface area contributed by atoms with Crippen molar-refractivity contribution in [2.75, 3.05) is 19.4 Å². The van der Waals surface area contributed by atoms with Crippen LogP contribution in [-0.2, 0) is 21.2 Å². The van der Waals surface area contributed by atoms with Crippen molar-refractivity contribution in [2.24, 2.45) is 0 Å². The highest BCUT2D eigenvalue weighted by Gasteiger charge is 2.39. The van der Waals surface area contributed by atoms with E-state index >= 15 is 0 Å². The van der Waals surface area contributed by atoms with Gasteiger partial charge in [0.2, 0.25) is 15.1 Å². The lowest BCUT2D eigenvalue weighted by molar-refractivity contribution is -0.113. The van der Waals surface area contributed by atoms with Gasteiger partial charge in [-0.3, -0.25) is 4.79 Å². The first-order chi connectivity index (χ1) is 13.5. The van der Waals surface area contributed by atoms with E-state index in [-0.39, 0.29) is 10.0 Å². The van der Waals surface area contributed by atoms with Crippen molar-refractivity contribution in [1.29, 1.82) is 0 Å². The molecule has 1 aliphatic heterocycles. The highest BCUT2D eigenvalue weighted by molar-refractivity contribution is 8.13. The topological polar surface area (TPSA) is 63.7 Å². The zero-order valence-corrected chi connectivity index (χ0v) is 17.5. The molecule has 1 aliphatic rings. The Morgan fingerprint density at radius 1 is 1.14 bits per heavy atom. The lowest BCUT2D eigenvalue weighted by atomic mass is 10.1. The number of ether oxygens (including phenoxy) is 1. The summed E-state index contributed by atoms with van der Waals surface area (Å²) in [6.45, 7) is 0.403. The summed E-state index contributed by atoms with van der Waals surface area (Å²) in [6.07, 6.45) is 3.05. The minimum atomic E-state index is -3.63. The van der Waals surface area contributed by atoms with E-state index in [2.05, 4.69) is 0 Å². The van der Waals surface area contributed by atoms with Crippen LogP contribution in [0.5, 0.6) is 5.75 Å². The number of nitrogens with zero attached hydrogens (tertiary/aromatic N) is 1. The van der Waals surface area contributed by atoms with Gasteiger partial charge in [-0.15, -0.1) is 0 Å². The Hall–Kier alpha value is -1.83. The van der Waals surface area contributed by atoms with Crippen molar-refractivity contribution in [3.8, 4) is 5.75 Å². The maximum absolute atomic E-state index is 12.9. The largest absolute Gasteiger partial charge is 0.497 e. The van der Waals surface area contributed by atoms with Crippen molar-refractivity contribution in [2.45, 2.75) is 36.6 Å². The van der Waals surface area contributed by atoms with Crippen LogP contribution >= 0.6 is 11.8 Å². The summed E-state index contributed by atoms with van der Waals surface area (Å²) in [5.41, 5.74) is 1.20. The minimum absolute atomic E-state index is 0.0493. The van der Waals surface area contributed by atoms with Gasteiger partial charge >= 0.3 is 0 Å². The van der Waals surface area contributed by atoms with E-state index in [4.69, 9.17) is 4.74 Å². The van der Waals surface area contributed by atoms with Gasteiger partial charge in [0.05, 0.1) is 18.0 Å². The summed E-state index contributed by atoms with van der Waals surface area (Å²) in [6, 6.07) is 15.7. The van der Waals surface area contributed by atoms with E-state index in [1.54, 1.807) is 37.4 Å². The number of thioether (sulfide) groups is 1. The summed E-state index contributed by atoms with van der Waals surface area (Å²) in [5.74, 6) is 1.51. The molecule has 1 fully saturated rings. The Morgan fingerprint density at radius 2 is 1.86 bits per heavy atom. The zero-order chi connectivity index (χ0) is 20.0. The van der Waals surface area contributed by atoms with Gasteiger partial charge in [-0.1, -0.05) is 42.1 Å². The molecule has 28 heavy (non-hydrogen) atoms. The molecule has 2 aromatic rings. The van der Waals surface area contributed by atoms with Crippen molar-refractivity contribution < 1.29 is 17.9 Å². The smallest absolute Gasteiger partial charge is 0.243 e. The van der Waals surface area contributed by atoms with Gasteiger partial charge in [0, 0.05) is 12.3 Å². The van der Waals surface area contributed by atoms with E-state index < -0.39 is 16.1 Å². The minimum Gasteiger partial charge on any atom is -0.497 e. The number of methoxy groups -OCH3 is 1. The summed E-state index contributed by atoms with van der Waals surface area (Å²) in [7, 11) is -1.99. The van der Waals surface area contributed by atoms with E-state index in [0.717, 1.165) is 25.0 Å². The first-order valence-electron chi connectivity index (χ1n) is 9.39. The lowest BCUT2D eigenvalue weighted by Gasteiger charge is -2.22. The lowest BCUT2D eigenvalue weighted by Crippen LogP contribution is -2.39. The van der Waals surface area contributed by atoms with Gasteiger partial charge in [0.25, 0.3) is 0 Å². The van der Waals surface area contributed by atoms with Gasteiger partial charge in [0.15, 0.2) is 0 Å². The molecule has 0 radical (unpaired) electrons. The number of sulfonamides is 1. The van der Waals surface area contributed by atoms with Crippen LogP contribution in [0.2, 0.25) is 0 Å². The molecule has 0 unspecified atom stereocenters. The fourth-order valence-corrected chi connectivity index (χ4v) is 6.00. The second kappa shape index (κ2) is 9.58. The number of benzene rings is 2. The van der Waals surface area contributed by atoms with Crippen LogP contribution in [-0.4, -0.2) is 43.3 Å². The van der Waals surface area contributed by atoms with E-state index in [1.807, 2.05) is 24.3 Å². The molecular weight excluding hydrogens is 394 g/mol. The quantitative estimate of drug-likeness (QED) is 0.610. The molecule has 0 aliphatic carbocycles. The highest BCUT2D eigenvalue weighted by Crippen LogP contribution is 2.29. The molecule has 2 aromatic carbocycles. The molecule has 5 nitrogen and oxygen atoms in total. The van der Waals surface area contributed by atoms with Gasteiger partial charge < -0.3 is 4.74 Å². The summed E-state index contributed by atoms with van der Waals surface area (Å²) < 4.78 is 32.3. The maximum atomic E-state index is 12.9. The Balaban J connectivity index is 1.53. The molecule has 1 heterocycles. The Morgan fingerprint density at radius 3 is 2.54 bits per heavy atom. The van der Waals surface area contributed by atoms with Crippen LogP contribution in [0, 0.1) is 0 Å². The van der Waals surface area contributed by atoms with Crippen LogP contribution in [0.25, 0.3) is 0 Å². The fraction of sp³-hybridized carbons (Fsp3) is 0.381. The van der Waals surface area contributed by atoms with Crippen LogP contribution in [0.4, 0.5) is 0 Å². The second-order valence-corrected chi connectivity index (χ2v) is 9.70. The highest BCUT2D eigenvalue weighted by atomic mass is 32.2. The molecule has 0 N–H and O–H groups in total. The molecule has 3 rings (SSSR count). The van der Waals surface area contributed by atoms with Gasteiger partial charge in [-0.05, 0) is 55.5 Å². The Bertz CT molecular complexity index is 882. The van der Waals surface area contributed by atoms with E-state index in [0.29, 0.717) is 18.7 Å². The number of carbonyl (C=O) groups is 1. The first-order valence-corrected chi connectivity index (χ1v) is 11.8. The molecule has 0 amide bonds. The van der Waals surface area contributed by atoms with Crippen LogP contribution < -0.4 is 4.74 Å². The second-order valence-electron chi connectivity index (χ2n) is 6.71. The third-order valence-corrected chi connectivity index (χ3v) is 7.81. The third kappa shape index (κ3) is 4.96. The van der Waals surface area contributed by atoms with E-state index in [1.165, 1.54) is 21.6 Å². The van der Waals surface area contributed by atoms with Crippen LogP contribution in [0.1, 0.15) is 24.8 Å². The number of hydrogen-bond acceptors (Lipinski definition) is 5. The molecule has 0 saturated carbocycles. The van der Waals surface area contributed by atoms with Gasteiger partial charge in [0.1, 0.15) is 5.75 Å². The number of carbonyl (C=O) groups excluding carboxylic acids is 1. The number of rotatable bonds is 8. The predicted molar refractivity (Wildman–Crippen MR) is 112 cm³/mol. The van der Waals surface area contributed by atoms with E-state index in [9.17, 15) is 13.2 Å². The van der Waals surface area contributed by atoms with Gasteiger partial charge in [-0.2, -0.15) is 4.31 Å². The average molecular weight is 420 g/mol. The third-order valence-electron chi connectivity index (χ3n) is 4.84. The summed E-state index contributed by atoms with van der Waals surface area (Å²) in [4.78, 5) is 12.9. The fourth-order valence-electron chi connectivity index (χ4n) is 3.33. The molecule has 150 valence electrons. The molecule has 1 saturated heterocycles. The summed E-state index contributed by atoms with van der Waals surface area (Å²) >= 11 is 1.25. The molecule has 7 heteroatoms. The summed E-state index contributed by atoms with van der Waals surface area (Å²) in [5, 5.41) is -0.0493. The molecule has 0 bridgehead atoms. The number of hydrogen-bond donors (Lipinski definition) is 0. The Kier molecular flexibility index (Phi) is 7.15.